The molecule has 68 valence electrons. The quantitative estimate of drug-likeness (QED) is 0.702. The maximum absolute atomic E-state index is 11.8. The van der Waals surface area contributed by atoms with Crippen LogP contribution >= 0.6 is 17.9 Å². The summed E-state index contributed by atoms with van der Waals surface area (Å²) in [4.78, 5) is 0. The third-order valence-corrected chi connectivity index (χ3v) is 7.39. The van der Waals surface area contributed by atoms with Crippen molar-refractivity contribution in [3.8, 4) is 0 Å². The molecule has 11 heavy (non-hydrogen) atoms. The Balaban J connectivity index is 4.21. The van der Waals surface area contributed by atoms with Crippen molar-refractivity contribution in [2.24, 2.45) is 0 Å². The fourth-order valence-electron chi connectivity index (χ4n) is 0.711. The second kappa shape index (κ2) is 3.97. The van der Waals surface area contributed by atoms with Gasteiger partial charge < -0.3 is 0 Å². The standard InChI is InChI=1S/C7H18NOPS/c1-6-10(9,8-5)11-7(2,3)4/h6H2,1-5H3,(H,8,9). The van der Waals surface area contributed by atoms with Gasteiger partial charge in [-0.25, -0.2) is 0 Å². The molecular weight excluding hydrogens is 177 g/mol. The molecule has 1 N–H and O–H groups in total. The summed E-state index contributed by atoms with van der Waals surface area (Å²) >= 11 is 1.55. The minimum atomic E-state index is -2.14. The monoisotopic (exact) mass is 195 g/mol. The summed E-state index contributed by atoms with van der Waals surface area (Å²) in [5.41, 5.74) is 0. The lowest BCUT2D eigenvalue weighted by Crippen LogP contribution is -2.12. The molecule has 0 aliphatic heterocycles. The highest BCUT2D eigenvalue weighted by atomic mass is 32.7. The number of hydrogen-bond donors (Lipinski definition) is 1. The first-order valence-corrected chi connectivity index (χ1v) is 7.13. The SMILES string of the molecule is CCP(=O)(NC)SC(C)(C)C. The highest BCUT2D eigenvalue weighted by Crippen LogP contribution is 2.59. The summed E-state index contributed by atoms with van der Waals surface area (Å²) in [6, 6.07) is 0. The molecule has 1 unspecified atom stereocenters. The lowest BCUT2D eigenvalue weighted by molar-refractivity contribution is 0.580. The van der Waals surface area contributed by atoms with Crippen LogP contribution < -0.4 is 5.09 Å². The zero-order chi connectivity index (χ0) is 9.12. The van der Waals surface area contributed by atoms with Crippen LogP contribution in [0, 0.1) is 0 Å². The summed E-state index contributed by atoms with van der Waals surface area (Å²) in [6.45, 7) is 6.06. The molecule has 0 aliphatic carbocycles. The molecule has 0 aromatic heterocycles. The molecule has 0 bridgehead atoms. The average molecular weight is 195 g/mol. The maximum atomic E-state index is 11.8. The van der Waals surface area contributed by atoms with E-state index in [0.29, 0.717) is 6.16 Å². The molecule has 2 nitrogen and oxygen atoms in total. The zero-order valence-corrected chi connectivity index (χ0v) is 9.68. The van der Waals surface area contributed by atoms with Gasteiger partial charge in [-0.2, -0.15) is 0 Å². The molecule has 0 aliphatic rings. The molecule has 0 aromatic rings. The Labute approximate surface area is 73.7 Å². The summed E-state index contributed by atoms with van der Waals surface area (Å²) in [5.74, 6) is 0. The number of hydrogen-bond acceptors (Lipinski definition) is 2. The zero-order valence-electron chi connectivity index (χ0n) is 7.97. The first-order chi connectivity index (χ1) is 4.83. The van der Waals surface area contributed by atoms with Crippen LogP contribution in [0.15, 0.2) is 0 Å². The van der Waals surface area contributed by atoms with Crippen LogP contribution in [0.2, 0.25) is 0 Å². The lowest BCUT2D eigenvalue weighted by Gasteiger charge is -2.24. The molecule has 0 rings (SSSR count). The fraction of sp³-hybridized carbons (Fsp3) is 1.00. The van der Waals surface area contributed by atoms with E-state index in [-0.39, 0.29) is 4.75 Å². The van der Waals surface area contributed by atoms with Crippen molar-refractivity contribution in [1.82, 2.24) is 5.09 Å². The van der Waals surface area contributed by atoms with Gasteiger partial charge in [0.1, 0.15) is 0 Å². The van der Waals surface area contributed by atoms with Gasteiger partial charge in [0.2, 0.25) is 6.49 Å². The Hall–Kier alpha value is 0.540. The van der Waals surface area contributed by atoms with Crippen LogP contribution in [0.1, 0.15) is 27.7 Å². The Morgan fingerprint density at radius 3 is 2.00 bits per heavy atom. The molecular formula is C7H18NOPS. The van der Waals surface area contributed by atoms with Gasteiger partial charge in [-0.3, -0.25) is 9.65 Å². The van der Waals surface area contributed by atoms with E-state index in [0.717, 1.165) is 0 Å². The Morgan fingerprint density at radius 1 is 1.45 bits per heavy atom. The summed E-state index contributed by atoms with van der Waals surface area (Å²) < 4.78 is 11.9. The second-order valence-electron chi connectivity index (χ2n) is 3.42. The summed E-state index contributed by atoms with van der Waals surface area (Å²) in [7, 11) is 1.77. The summed E-state index contributed by atoms with van der Waals surface area (Å²) in [6.07, 6.45) is 0.714. The van der Waals surface area contributed by atoms with Gasteiger partial charge in [0.05, 0.1) is 0 Å². The van der Waals surface area contributed by atoms with E-state index in [4.69, 9.17) is 0 Å². The predicted octanol–water partition coefficient (Wildman–Crippen LogP) is 2.95. The van der Waals surface area contributed by atoms with Crippen molar-refractivity contribution in [3.05, 3.63) is 0 Å². The molecule has 0 aromatic carbocycles. The summed E-state index contributed by atoms with van der Waals surface area (Å²) in [5, 5.41) is 2.90. The van der Waals surface area contributed by atoms with Crippen molar-refractivity contribution >= 4 is 17.9 Å². The van der Waals surface area contributed by atoms with E-state index in [1.54, 1.807) is 18.4 Å². The minimum absolute atomic E-state index is 0.0779. The van der Waals surface area contributed by atoms with Crippen molar-refractivity contribution in [3.63, 3.8) is 0 Å². The third-order valence-electron chi connectivity index (χ3n) is 1.18. The second-order valence-corrected chi connectivity index (χ2v) is 9.57. The highest BCUT2D eigenvalue weighted by molar-refractivity contribution is 8.58. The lowest BCUT2D eigenvalue weighted by atomic mass is 10.3. The smallest absolute Gasteiger partial charge is 0.200 e. The number of rotatable bonds is 3. The van der Waals surface area contributed by atoms with Gasteiger partial charge in [0.25, 0.3) is 0 Å². The minimum Gasteiger partial charge on any atom is -0.295 e. The van der Waals surface area contributed by atoms with Crippen molar-refractivity contribution < 1.29 is 4.57 Å². The van der Waals surface area contributed by atoms with Gasteiger partial charge in [-0.1, -0.05) is 39.1 Å². The van der Waals surface area contributed by atoms with E-state index >= 15 is 0 Å². The van der Waals surface area contributed by atoms with Gasteiger partial charge in [-0.15, -0.1) is 0 Å². The molecule has 0 radical (unpaired) electrons. The largest absolute Gasteiger partial charge is 0.295 e. The topological polar surface area (TPSA) is 29.1 Å². The van der Waals surface area contributed by atoms with Crippen LogP contribution in [-0.2, 0) is 4.57 Å². The van der Waals surface area contributed by atoms with Gasteiger partial charge in [0.15, 0.2) is 0 Å². The normalized spacial score (nSPS) is 17.9. The molecule has 0 fully saturated rings. The van der Waals surface area contributed by atoms with E-state index in [9.17, 15) is 4.57 Å². The maximum Gasteiger partial charge on any atom is 0.200 e. The van der Waals surface area contributed by atoms with Gasteiger partial charge in [-0.05, 0) is 7.05 Å². The van der Waals surface area contributed by atoms with E-state index in [1.165, 1.54) is 0 Å². The van der Waals surface area contributed by atoms with Crippen LogP contribution in [-0.4, -0.2) is 18.0 Å². The molecule has 1 atom stereocenters. The van der Waals surface area contributed by atoms with Crippen LogP contribution in [0.5, 0.6) is 0 Å². The van der Waals surface area contributed by atoms with Gasteiger partial charge >= 0.3 is 0 Å². The Bertz CT molecular complexity index is 156. The number of nitrogens with one attached hydrogen (secondary N) is 1. The average Bonchev–Trinajstić information content (AvgIpc) is 1.84. The van der Waals surface area contributed by atoms with E-state index in [1.807, 2.05) is 6.92 Å². The van der Waals surface area contributed by atoms with E-state index in [2.05, 4.69) is 25.9 Å². The Kier molecular flexibility index (Phi) is 4.17. The van der Waals surface area contributed by atoms with Crippen molar-refractivity contribution in [2.75, 3.05) is 13.2 Å². The van der Waals surface area contributed by atoms with Crippen LogP contribution in [0.3, 0.4) is 0 Å². The van der Waals surface area contributed by atoms with Crippen LogP contribution in [0.4, 0.5) is 0 Å². The molecule has 0 spiro atoms. The highest BCUT2D eigenvalue weighted by Gasteiger charge is 2.25. The Morgan fingerprint density at radius 2 is 1.91 bits per heavy atom. The molecule has 0 heterocycles. The third kappa shape index (κ3) is 4.89. The molecule has 0 saturated carbocycles. The van der Waals surface area contributed by atoms with Gasteiger partial charge in [0, 0.05) is 10.9 Å². The van der Waals surface area contributed by atoms with Crippen LogP contribution in [0.25, 0.3) is 0 Å². The van der Waals surface area contributed by atoms with E-state index < -0.39 is 6.49 Å². The molecule has 4 heteroatoms. The predicted molar refractivity (Wildman–Crippen MR) is 54.6 cm³/mol. The first-order valence-electron chi connectivity index (χ1n) is 3.82. The molecule has 0 amide bonds. The first kappa shape index (κ1) is 11.5. The van der Waals surface area contributed by atoms with Crippen molar-refractivity contribution in [1.29, 1.82) is 0 Å². The fourth-order valence-corrected chi connectivity index (χ4v) is 5.45. The van der Waals surface area contributed by atoms with Crippen molar-refractivity contribution in [2.45, 2.75) is 32.4 Å². The molecule has 0 saturated heterocycles.